The van der Waals surface area contributed by atoms with Crippen LogP contribution < -0.4 is 11.1 Å². The number of hydrogen-bond donors (Lipinski definition) is 2. The zero-order valence-electron chi connectivity index (χ0n) is 14.1. The summed E-state index contributed by atoms with van der Waals surface area (Å²) < 4.78 is 1.04. The van der Waals surface area contributed by atoms with E-state index < -0.39 is 11.9 Å². The van der Waals surface area contributed by atoms with Gasteiger partial charge in [0.15, 0.2) is 0 Å². The van der Waals surface area contributed by atoms with Crippen molar-refractivity contribution in [1.82, 2.24) is 5.32 Å². The molecule has 0 fully saturated rings. The molecule has 5 heteroatoms. The summed E-state index contributed by atoms with van der Waals surface area (Å²) in [5.41, 5.74) is 7.38. The van der Waals surface area contributed by atoms with Gasteiger partial charge < -0.3 is 11.1 Å². The van der Waals surface area contributed by atoms with E-state index in [4.69, 9.17) is 5.73 Å². The van der Waals surface area contributed by atoms with E-state index in [1.807, 2.05) is 66.7 Å². The number of carbonyl (C=O) groups excluding carboxylic acids is 2. The predicted molar refractivity (Wildman–Crippen MR) is 112 cm³/mol. The van der Waals surface area contributed by atoms with Gasteiger partial charge in [-0.3, -0.25) is 9.59 Å². The van der Waals surface area contributed by atoms with E-state index in [1.54, 1.807) is 0 Å². The first-order chi connectivity index (χ1) is 12.5. The molecule has 132 valence electrons. The van der Waals surface area contributed by atoms with Gasteiger partial charge in [-0.2, -0.15) is 0 Å². The Balaban J connectivity index is 1.69. The molecule has 0 aliphatic heterocycles. The van der Waals surface area contributed by atoms with Crippen LogP contribution in [0.15, 0.2) is 66.7 Å². The molecule has 0 aromatic heterocycles. The minimum absolute atomic E-state index is 0.209. The van der Waals surface area contributed by atoms with Crippen LogP contribution in [0.2, 0.25) is 0 Å². The topological polar surface area (TPSA) is 72.2 Å². The number of hydrogen-bond acceptors (Lipinski definition) is 2. The highest BCUT2D eigenvalue weighted by Gasteiger charge is 2.19. The monoisotopic (exact) mass is 458 g/mol. The van der Waals surface area contributed by atoms with Crippen molar-refractivity contribution in [3.8, 4) is 0 Å². The summed E-state index contributed by atoms with van der Waals surface area (Å²) in [7, 11) is 0. The van der Waals surface area contributed by atoms with Gasteiger partial charge in [0.1, 0.15) is 6.04 Å². The van der Waals surface area contributed by atoms with E-state index in [2.05, 4.69) is 27.9 Å². The third-order valence-corrected chi connectivity index (χ3v) is 5.29. The molecule has 1 atom stereocenters. The Bertz CT molecular complexity index is 955. The molecule has 2 amide bonds. The second kappa shape index (κ2) is 8.31. The molecule has 4 nitrogen and oxygen atoms in total. The molecule has 0 aliphatic carbocycles. The third kappa shape index (κ3) is 4.60. The normalized spacial score (nSPS) is 11.9. The van der Waals surface area contributed by atoms with Gasteiger partial charge in [-0.1, -0.05) is 60.7 Å². The number of carbonyl (C=O) groups is 2. The van der Waals surface area contributed by atoms with Crippen LogP contribution >= 0.6 is 22.6 Å². The lowest BCUT2D eigenvalue weighted by molar-refractivity contribution is -0.127. The summed E-state index contributed by atoms with van der Waals surface area (Å²) in [6.07, 6.45) is 0.596. The van der Waals surface area contributed by atoms with Crippen LogP contribution in [0.25, 0.3) is 10.8 Å². The number of fused-ring (bicyclic) bond motifs is 1. The predicted octanol–water partition coefficient (Wildman–Crippen LogP) is 3.20. The van der Waals surface area contributed by atoms with Gasteiger partial charge >= 0.3 is 0 Å². The summed E-state index contributed by atoms with van der Waals surface area (Å²) in [5, 5.41) is 4.99. The van der Waals surface area contributed by atoms with Crippen LogP contribution in [0, 0.1) is 3.57 Å². The number of nitrogens with two attached hydrogens (primary N) is 1. The zero-order chi connectivity index (χ0) is 18.5. The van der Waals surface area contributed by atoms with Gasteiger partial charge in [-0.15, -0.1) is 0 Å². The maximum atomic E-state index is 12.4. The Hall–Kier alpha value is -2.41. The standard InChI is InChI=1S/C21H19IN2O2/c22-18-8-4-3-7-17(18)13-19(21(23)26)24-20(25)12-14-9-10-15-5-1-2-6-16(15)11-14/h1-11,19H,12-13H2,(H2,23,26)(H,24,25)/t19-/m1/s1. The number of rotatable bonds is 6. The van der Waals surface area contributed by atoms with E-state index in [9.17, 15) is 9.59 Å². The van der Waals surface area contributed by atoms with Crippen LogP contribution in [-0.2, 0) is 22.4 Å². The summed E-state index contributed by atoms with van der Waals surface area (Å²) in [5.74, 6) is -0.744. The number of amides is 2. The Morgan fingerprint density at radius 2 is 1.65 bits per heavy atom. The first-order valence-corrected chi connectivity index (χ1v) is 9.40. The van der Waals surface area contributed by atoms with E-state index in [1.165, 1.54) is 0 Å². The first-order valence-electron chi connectivity index (χ1n) is 8.32. The minimum Gasteiger partial charge on any atom is -0.368 e. The second-order valence-electron chi connectivity index (χ2n) is 6.18. The molecule has 0 spiro atoms. The molecular weight excluding hydrogens is 439 g/mol. The lowest BCUT2D eigenvalue weighted by atomic mass is 10.0. The summed E-state index contributed by atoms with van der Waals surface area (Å²) >= 11 is 2.21. The highest BCUT2D eigenvalue weighted by molar-refractivity contribution is 14.1. The highest BCUT2D eigenvalue weighted by atomic mass is 127. The first kappa shape index (κ1) is 18.4. The quantitative estimate of drug-likeness (QED) is 0.557. The van der Waals surface area contributed by atoms with Gasteiger partial charge in [-0.25, -0.2) is 0 Å². The zero-order valence-corrected chi connectivity index (χ0v) is 16.3. The number of primary amides is 1. The van der Waals surface area contributed by atoms with Crippen LogP contribution in [0.1, 0.15) is 11.1 Å². The molecule has 3 rings (SSSR count). The smallest absolute Gasteiger partial charge is 0.240 e. The Morgan fingerprint density at radius 3 is 2.38 bits per heavy atom. The molecule has 0 bridgehead atoms. The number of halogens is 1. The number of nitrogens with one attached hydrogen (secondary N) is 1. The molecule has 3 aromatic rings. The van der Waals surface area contributed by atoms with Crippen molar-refractivity contribution in [2.24, 2.45) is 5.73 Å². The molecule has 0 saturated heterocycles. The Morgan fingerprint density at radius 1 is 0.962 bits per heavy atom. The van der Waals surface area contributed by atoms with Gasteiger partial charge in [0.2, 0.25) is 11.8 Å². The van der Waals surface area contributed by atoms with Gasteiger partial charge in [0.05, 0.1) is 6.42 Å². The van der Waals surface area contributed by atoms with Crippen molar-refractivity contribution in [2.75, 3.05) is 0 Å². The average Bonchev–Trinajstić information content (AvgIpc) is 2.62. The largest absolute Gasteiger partial charge is 0.368 e. The van der Waals surface area contributed by atoms with Crippen LogP contribution in [0.5, 0.6) is 0 Å². The maximum absolute atomic E-state index is 12.4. The second-order valence-corrected chi connectivity index (χ2v) is 7.34. The maximum Gasteiger partial charge on any atom is 0.240 e. The van der Waals surface area contributed by atoms with Crippen molar-refractivity contribution in [1.29, 1.82) is 0 Å². The van der Waals surface area contributed by atoms with E-state index in [0.717, 1.165) is 25.5 Å². The van der Waals surface area contributed by atoms with Gasteiger partial charge in [0.25, 0.3) is 0 Å². The molecule has 26 heavy (non-hydrogen) atoms. The summed E-state index contributed by atoms with van der Waals surface area (Å²) in [6.45, 7) is 0. The number of benzene rings is 3. The van der Waals surface area contributed by atoms with Crippen molar-refractivity contribution in [3.05, 3.63) is 81.4 Å². The minimum atomic E-state index is -0.723. The van der Waals surface area contributed by atoms with Gasteiger partial charge in [-0.05, 0) is 50.6 Å². The lowest BCUT2D eigenvalue weighted by Gasteiger charge is -2.16. The van der Waals surface area contributed by atoms with Crippen molar-refractivity contribution in [3.63, 3.8) is 0 Å². The molecule has 0 unspecified atom stereocenters. The molecule has 3 N–H and O–H groups in total. The Labute approximate surface area is 165 Å². The van der Waals surface area contributed by atoms with E-state index >= 15 is 0 Å². The van der Waals surface area contributed by atoms with E-state index in [-0.39, 0.29) is 12.3 Å². The third-order valence-electron chi connectivity index (χ3n) is 4.24. The van der Waals surface area contributed by atoms with Crippen molar-refractivity contribution >= 4 is 45.2 Å². The lowest BCUT2D eigenvalue weighted by Crippen LogP contribution is -2.46. The molecule has 0 aliphatic rings. The van der Waals surface area contributed by atoms with Crippen LogP contribution in [0.4, 0.5) is 0 Å². The van der Waals surface area contributed by atoms with Crippen LogP contribution in [-0.4, -0.2) is 17.9 Å². The SMILES string of the molecule is NC(=O)[C@@H](Cc1ccccc1I)NC(=O)Cc1ccc2ccccc2c1. The highest BCUT2D eigenvalue weighted by Crippen LogP contribution is 2.16. The fourth-order valence-corrected chi connectivity index (χ4v) is 3.49. The average molecular weight is 458 g/mol. The van der Waals surface area contributed by atoms with Crippen LogP contribution in [0.3, 0.4) is 0 Å². The fourth-order valence-electron chi connectivity index (χ4n) is 2.89. The van der Waals surface area contributed by atoms with E-state index in [0.29, 0.717) is 6.42 Å². The fraction of sp³-hybridized carbons (Fsp3) is 0.143. The molecule has 0 saturated carbocycles. The van der Waals surface area contributed by atoms with Gasteiger partial charge in [0, 0.05) is 9.99 Å². The van der Waals surface area contributed by atoms with Crippen molar-refractivity contribution in [2.45, 2.75) is 18.9 Å². The molecular formula is C21H19IN2O2. The Kier molecular flexibility index (Phi) is 5.88. The summed E-state index contributed by atoms with van der Waals surface area (Å²) in [4.78, 5) is 24.2. The molecule has 0 radical (unpaired) electrons. The van der Waals surface area contributed by atoms with Crippen molar-refractivity contribution < 1.29 is 9.59 Å². The summed E-state index contributed by atoms with van der Waals surface area (Å²) in [6, 6.07) is 20.9. The molecule has 3 aromatic carbocycles. The molecule has 0 heterocycles.